The average molecular weight is 576 g/mol. The van der Waals surface area contributed by atoms with Crippen LogP contribution in [0.5, 0.6) is 0 Å². The summed E-state index contributed by atoms with van der Waals surface area (Å²) in [5.41, 5.74) is 0.622. The molecule has 1 aliphatic heterocycles. The predicted octanol–water partition coefficient (Wildman–Crippen LogP) is 3.15. The lowest BCUT2D eigenvalue weighted by molar-refractivity contribution is 0.260. The number of anilines is 1. The van der Waals surface area contributed by atoms with E-state index >= 15 is 0 Å². The van der Waals surface area contributed by atoms with E-state index in [9.17, 15) is 4.39 Å². The van der Waals surface area contributed by atoms with E-state index in [0.29, 0.717) is 11.6 Å². The molecule has 0 spiro atoms. The van der Waals surface area contributed by atoms with Gasteiger partial charge in [-0.2, -0.15) is 0 Å². The molecule has 0 radical (unpaired) electrons. The largest absolute Gasteiger partial charge is 0.356 e. The third-order valence-electron chi connectivity index (χ3n) is 5.51. The van der Waals surface area contributed by atoms with Crippen molar-refractivity contribution in [3.05, 3.63) is 53.1 Å². The molecule has 1 saturated heterocycles. The summed E-state index contributed by atoms with van der Waals surface area (Å²) in [5, 5.41) is 7.17. The molecule has 1 fully saturated rings. The molecule has 1 aromatic heterocycles. The summed E-state index contributed by atoms with van der Waals surface area (Å²) in [5.74, 6) is 1.21. The van der Waals surface area contributed by atoms with Gasteiger partial charge < -0.3 is 15.5 Å². The molecule has 0 amide bonds. The van der Waals surface area contributed by atoms with Crippen LogP contribution in [0.2, 0.25) is 5.02 Å². The monoisotopic (exact) mass is 575 g/mol. The van der Waals surface area contributed by atoms with Gasteiger partial charge in [-0.25, -0.2) is 14.4 Å². The fourth-order valence-corrected chi connectivity index (χ4v) is 4.04. The first kappa shape index (κ1) is 26.5. The maximum Gasteiger partial charge on any atom is 0.225 e. The van der Waals surface area contributed by atoms with Crippen LogP contribution in [0.25, 0.3) is 0 Å². The molecule has 32 heavy (non-hydrogen) atoms. The van der Waals surface area contributed by atoms with Gasteiger partial charge in [0, 0.05) is 75.7 Å². The summed E-state index contributed by atoms with van der Waals surface area (Å²) >= 11 is 6.25. The smallest absolute Gasteiger partial charge is 0.225 e. The summed E-state index contributed by atoms with van der Waals surface area (Å²) in [6.07, 6.45) is 3.56. The third-order valence-corrected chi connectivity index (χ3v) is 5.82. The number of piperazine rings is 1. The molecular weight excluding hydrogens is 544 g/mol. The number of hydrogen-bond donors (Lipinski definition) is 2. The molecule has 2 heterocycles. The van der Waals surface area contributed by atoms with Crippen LogP contribution in [-0.4, -0.2) is 73.7 Å². The zero-order valence-electron chi connectivity index (χ0n) is 18.8. The van der Waals surface area contributed by atoms with Crippen LogP contribution in [0.4, 0.5) is 10.3 Å². The van der Waals surface area contributed by atoms with Crippen molar-refractivity contribution < 1.29 is 4.39 Å². The van der Waals surface area contributed by atoms with Crippen molar-refractivity contribution in [2.24, 2.45) is 4.99 Å². The zero-order chi connectivity index (χ0) is 22.3. The van der Waals surface area contributed by atoms with E-state index in [-0.39, 0.29) is 35.2 Å². The Bertz CT molecular complexity index is 874. The number of benzene rings is 1. The Labute approximate surface area is 211 Å². The van der Waals surface area contributed by atoms with Crippen molar-refractivity contribution in [2.45, 2.75) is 19.3 Å². The van der Waals surface area contributed by atoms with Crippen LogP contribution < -0.4 is 15.5 Å². The first-order valence-corrected chi connectivity index (χ1v) is 10.9. The normalized spacial score (nSPS) is 15.3. The van der Waals surface area contributed by atoms with Gasteiger partial charge >= 0.3 is 0 Å². The number of nitrogens with zero attached hydrogens (tertiary/aromatic N) is 5. The van der Waals surface area contributed by atoms with Crippen LogP contribution in [-0.2, 0) is 5.41 Å². The molecule has 176 valence electrons. The maximum absolute atomic E-state index is 13.4. The Hall–Kier alpha value is -1.72. The van der Waals surface area contributed by atoms with E-state index in [1.165, 1.54) is 12.1 Å². The molecule has 7 nitrogen and oxygen atoms in total. The van der Waals surface area contributed by atoms with Gasteiger partial charge in [0.1, 0.15) is 5.82 Å². The SMILES string of the molecule is CN=C(NCCN1CCN(c2ncccn2)CC1)NCC(C)(C)c1ccc(F)cc1Cl.I. The fraction of sp³-hybridized carbons (Fsp3) is 0.500. The van der Waals surface area contributed by atoms with Crippen molar-refractivity contribution in [3.8, 4) is 0 Å². The highest BCUT2D eigenvalue weighted by atomic mass is 127. The molecule has 2 N–H and O–H groups in total. The third kappa shape index (κ3) is 7.41. The Morgan fingerprint density at radius 3 is 2.47 bits per heavy atom. The highest BCUT2D eigenvalue weighted by Crippen LogP contribution is 2.29. The second-order valence-electron chi connectivity index (χ2n) is 8.24. The van der Waals surface area contributed by atoms with Crippen LogP contribution >= 0.6 is 35.6 Å². The Morgan fingerprint density at radius 1 is 1.16 bits per heavy atom. The van der Waals surface area contributed by atoms with Gasteiger partial charge in [-0.15, -0.1) is 24.0 Å². The molecule has 10 heteroatoms. The topological polar surface area (TPSA) is 68.7 Å². The molecule has 1 aliphatic rings. The first-order chi connectivity index (χ1) is 14.9. The summed E-state index contributed by atoms with van der Waals surface area (Å²) in [7, 11) is 1.76. The van der Waals surface area contributed by atoms with Gasteiger partial charge in [-0.1, -0.05) is 31.5 Å². The minimum atomic E-state index is -0.327. The molecule has 0 unspecified atom stereocenters. The van der Waals surface area contributed by atoms with Crippen molar-refractivity contribution in [1.82, 2.24) is 25.5 Å². The molecule has 0 atom stereocenters. The van der Waals surface area contributed by atoms with Crippen LogP contribution in [0, 0.1) is 5.82 Å². The summed E-state index contributed by atoms with van der Waals surface area (Å²) in [6, 6.07) is 6.38. The molecule has 0 aliphatic carbocycles. The minimum Gasteiger partial charge on any atom is -0.356 e. The quantitative estimate of drug-likeness (QED) is 0.300. The van der Waals surface area contributed by atoms with Gasteiger partial charge in [0.05, 0.1) is 0 Å². The van der Waals surface area contributed by atoms with Gasteiger partial charge in [0.15, 0.2) is 5.96 Å². The van der Waals surface area contributed by atoms with E-state index in [0.717, 1.165) is 56.7 Å². The molecule has 1 aromatic carbocycles. The number of rotatable bonds is 7. The maximum atomic E-state index is 13.4. The molecular formula is C22H32ClFIN7. The number of halogens is 3. The lowest BCUT2D eigenvalue weighted by atomic mass is 9.84. The molecule has 2 aromatic rings. The Morgan fingerprint density at radius 2 is 1.84 bits per heavy atom. The van der Waals surface area contributed by atoms with Crippen molar-refractivity contribution >= 4 is 47.5 Å². The van der Waals surface area contributed by atoms with Crippen molar-refractivity contribution in [3.63, 3.8) is 0 Å². The van der Waals surface area contributed by atoms with Crippen LogP contribution in [0.1, 0.15) is 19.4 Å². The van der Waals surface area contributed by atoms with Gasteiger partial charge in [0.25, 0.3) is 0 Å². The standard InChI is InChI=1S/C22H31ClFN7.HI/c1-22(2,18-6-5-17(24)15-19(18)23)16-29-20(25-3)26-9-10-30-11-13-31(14-12-30)21-27-7-4-8-28-21;/h4-8,15H,9-14,16H2,1-3H3,(H2,25,26,29);1H. The fourth-order valence-electron chi connectivity index (χ4n) is 3.62. The summed E-state index contributed by atoms with van der Waals surface area (Å²) < 4.78 is 13.4. The number of aliphatic imine (C=N–C) groups is 1. The highest BCUT2D eigenvalue weighted by Gasteiger charge is 2.24. The van der Waals surface area contributed by atoms with E-state index < -0.39 is 0 Å². The van der Waals surface area contributed by atoms with E-state index in [1.807, 2.05) is 6.07 Å². The number of hydrogen-bond acceptors (Lipinski definition) is 5. The van der Waals surface area contributed by atoms with E-state index in [1.54, 1.807) is 25.5 Å². The van der Waals surface area contributed by atoms with Crippen molar-refractivity contribution in [1.29, 1.82) is 0 Å². The lowest BCUT2D eigenvalue weighted by Crippen LogP contribution is -2.50. The summed E-state index contributed by atoms with van der Waals surface area (Å²) in [4.78, 5) is 17.6. The van der Waals surface area contributed by atoms with Gasteiger partial charge in [0.2, 0.25) is 5.95 Å². The second-order valence-corrected chi connectivity index (χ2v) is 8.65. The van der Waals surface area contributed by atoms with E-state index in [2.05, 4.69) is 49.2 Å². The summed E-state index contributed by atoms with van der Waals surface area (Å²) in [6.45, 7) is 10.3. The lowest BCUT2D eigenvalue weighted by Gasteiger charge is -2.34. The molecule has 0 saturated carbocycles. The van der Waals surface area contributed by atoms with E-state index in [4.69, 9.17) is 11.6 Å². The number of nitrogens with one attached hydrogen (secondary N) is 2. The molecule has 3 rings (SSSR count). The Balaban J connectivity index is 0.00000363. The van der Waals surface area contributed by atoms with Gasteiger partial charge in [-0.05, 0) is 23.8 Å². The van der Waals surface area contributed by atoms with Gasteiger partial charge in [-0.3, -0.25) is 9.89 Å². The Kier molecular flexibility index (Phi) is 10.4. The minimum absolute atomic E-state index is 0. The molecule has 0 bridgehead atoms. The average Bonchev–Trinajstić information content (AvgIpc) is 2.77. The zero-order valence-corrected chi connectivity index (χ0v) is 21.9. The van der Waals surface area contributed by atoms with Crippen LogP contribution in [0.15, 0.2) is 41.7 Å². The first-order valence-electron chi connectivity index (χ1n) is 10.5. The number of aromatic nitrogens is 2. The second kappa shape index (κ2) is 12.5. The number of guanidine groups is 1. The highest BCUT2D eigenvalue weighted by molar-refractivity contribution is 14.0. The van der Waals surface area contributed by atoms with Crippen molar-refractivity contribution in [2.75, 3.05) is 57.8 Å². The predicted molar refractivity (Wildman–Crippen MR) is 140 cm³/mol. The van der Waals surface area contributed by atoms with Crippen LogP contribution in [0.3, 0.4) is 0 Å².